The second-order valence-electron chi connectivity index (χ2n) is 5.96. The average molecular weight is 393 g/mol. The van der Waals surface area contributed by atoms with Crippen molar-refractivity contribution in [1.29, 1.82) is 0 Å². The maximum atomic E-state index is 12.5. The number of carboxylic acid groups (broad SMARTS) is 1. The first-order valence-corrected chi connectivity index (χ1v) is 8.75. The van der Waals surface area contributed by atoms with Crippen LogP contribution in [0.1, 0.15) is 13.8 Å². The summed E-state index contributed by atoms with van der Waals surface area (Å²) in [6, 6.07) is 9.66. The number of fused-ring (bicyclic) bond motifs is 1. The third-order valence-corrected chi connectivity index (χ3v) is 4.38. The van der Waals surface area contributed by atoms with Gasteiger partial charge in [0.05, 0.1) is 0 Å². The standard InChI is InChI=1S/C19H21ClN2O5/c1-12(19(25)26)22(10-9-21-13(2)23)18(24)11-27-17-8-7-16(20)14-5-3-4-6-15(14)17/h3-8,12H,9-11H2,1-2H3,(H,21,23)(H,25,26). The van der Waals surface area contributed by atoms with Crippen molar-refractivity contribution in [2.24, 2.45) is 0 Å². The molecule has 2 N–H and O–H groups in total. The third kappa shape index (κ3) is 5.34. The van der Waals surface area contributed by atoms with Gasteiger partial charge in [-0.15, -0.1) is 0 Å². The van der Waals surface area contributed by atoms with Crippen molar-refractivity contribution in [3.63, 3.8) is 0 Å². The molecule has 27 heavy (non-hydrogen) atoms. The summed E-state index contributed by atoms with van der Waals surface area (Å²) in [5.41, 5.74) is 0. The lowest BCUT2D eigenvalue weighted by Crippen LogP contribution is -2.48. The molecule has 0 saturated carbocycles. The summed E-state index contributed by atoms with van der Waals surface area (Å²) in [4.78, 5) is 36.0. The number of aliphatic carboxylic acids is 1. The summed E-state index contributed by atoms with van der Waals surface area (Å²) in [5, 5.41) is 13.9. The number of ether oxygens (including phenoxy) is 1. The Morgan fingerprint density at radius 2 is 1.85 bits per heavy atom. The predicted molar refractivity (Wildman–Crippen MR) is 102 cm³/mol. The highest BCUT2D eigenvalue weighted by Crippen LogP contribution is 2.31. The quantitative estimate of drug-likeness (QED) is 0.718. The summed E-state index contributed by atoms with van der Waals surface area (Å²) in [6.45, 7) is 2.65. The van der Waals surface area contributed by atoms with Gasteiger partial charge in [-0.25, -0.2) is 4.79 Å². The molecule has 0 saturated heterocycles. The van der Waals surface area contributed by atoms with E-state index in [1.165, 1.54) is 13.8 Å². The van der Waals surface area contributed by atoms with Gasteiger partial charge in [0.25, 0.3) is 5.91 Å². The number of hydrogen-bond donors (Lipinski definition) is 2. The highest BCUT2D eigenvalue weighted by molar-refractivity contribution is 6.35. The van der Waals surface area contributed by atoms with Gasteiger partial charge in [0.15, 0.2) is 6.61 Å². The SMILES string of the molecule is CC(=O)NCCN(C(=O)COc1ccc(Cl)c2ccccc12)C(C)C(=O)O. The second kappa shape index (κ2) is 9.23. The van der Waals surface area contributed by atoms with E-state index in [0.717, 1.165) is 15.7 Å². The number of halogens is 1. The summed E-state index contributed by atoms with van der Waals surface area (Å²) < 4.78 is 5.64. The fraction of sp³-hybridized carbons (Fsp3) is 0.316. The predicted octanol–water partition coefficient (Wildman–Crippen LogP) is 2.31. The second-order valence-corrected chi connectivity index (χ2v) is 6.37. The molecule has 0 heterocycles. The maximum Gasteiger partial charge on any atom is 0.326 e. The lowest BCUT2D eigenvalue weighted by molar-refractivity contribution is -0.150. The Morgan fingerprint density at radius 3 is 2.48 bits per heavy atom. The smallest absolute Gasteiger partial charge is 0.326 e. The van der Waals surface area contributed by atoms with Gasteiger partial charge in [-0.05, 0) is 19.1 Å². The zero-order valence-electron chi connectivity index (χ0n) is 15.1. The molecule has 0 aliphatic carbocycles. The molecule has 0 radical (unpaired) electrons. The van der Waals surface area contributed by atoms with Crippen LogP contribution in [0, 0.1) is 0 Å². The Bertz CT molecular complexity index is 855. The molecular formula is C19H21ClN2O5. The van der Waals surface area contributed by atoms with Gasteiger partial charge in [0.1, 0.15) is 11.8 Å². The summed E-state index contributed by atoms with van der Waals surface area (Å²) in [5.74, 6) is -1.40. The van der Waals surface area contributed by atoms with Gasteiger partial charge in [-0.2, -0.15) is 0 Å². The molecule has 0 aromatic heterocycles. The van der Waals surface area contributed by atoms with E-state index < -0.39 is 17.9 Å². The van der Waals surface area contributed by atoms with Gasteiger partial charge in [-0.1, -0.05) is 35.9 Å². The number of amides is 2. The Balaban J connectivity index is 2.12. The van der Waals surface area contributed by atoms with Crippen LogP contribution in [0.4, 0.5) is 0 Å². The number of nitrogens with zero attached hydrogens (tertiary/aromatic N) is 1. The molecule has 7 nitrogen and oxygen atoms in total. The number of carbonyl (C=O) groups excluding carboxylic acids is 2. The van der Waals surface area contributed by atoms with E-state index >= 15 is 0 Å². The maximum absolute atomic E-state index is 12.5. The summed E-state index contributed by atoms with van der Waals surface area (Å²) in [7, 11) is 0. The lowest BCUT2D eigenvalue weighted by Gasteiger charge is -2.26. The topological polar surface area (TPSA) is 95.9 Å². The third-order valence-electron chi connectivity index (χ3n) is 4.05. The van der Waals surface area contributed by atoms with Crippen molar-refractivity contribution in [2.75, 3.05) is 19.7 Å². The first kappa shape index (κ1) is 20.5. The van der Waals surface area contributed by atoms with Gasteiger partial charge >= 0.3 is 5.97 Å². The summed E-state index contributed by atoms with van der Waals surface area (Å²) >= 11 is 6.17. The van der Waals surface area contributed by atoms with E-state index in [2.05, 4.69) is 5.32 Å². The van der Waals surface area contributed by atoms with Crippen LogP contribution in [-0.4, -0.2) is 53.5 Å². The van der Waals surface area contributed by atoms with Crippen LogP contribution in [0.3, 0.4) is 0 Å². The van der Waals surface area contributed by atoms with Gasteiger partial charge in [-0.3, -0.25) is 9.59 Å². The molecule has 8 heteroatoms. The van der Waals surface area contributed by atoms with E-state index in [1.54, 1.807) is 12.1 Å². The molecule has 1 atom stereocenters. The summed E-state index contributed by atoms with van der Waals surface area (Å²) in [6.07, 6.45) is 0. The van der Waals surface area contributed by atoms with E-state index in [9.17, 15) is 19.5 Å². The minimum atomic E-state index is -1.14. The van der Waals surface area contributed by atoms with Crippen LogP contribution in [0.5, 0.6) is 5.75 Å². The fourth-order valence-electron chi connectivity index (χ4n) is 2.60. The molecule has 2 rings (SSSR count). The van der Waals surface area contributed by atoms with Gasteiger partial charge in [0, 0.05) is 35.8 Å². The monoisotopic (exact) mass is 392 g/mol. The molecule has 1 unspecified atom stereocenters. The molecule has 0 aliphatic rings. The number of hydrogen-bond acceptors (Lipinski definition) is 4. The fourth-order valence-corrected chi connectivity index (χ4v) is 2.83. The van der Waals surface area contributed by atoms with E-state index in [4.69, 9.17) is 16.3 Å². The zero-order valence-corrected chi connectivity index (χ0v) is 15.8. The van der Waals surface area contributed by atoms with Crippen LogP contribution in [0.2, 0.25) is 5.02 Å². The molecule has 0 spiro atoms. The highest BCUT2D eigenvalue weighted by atomic mass is 35.5. The average Bonchev–Trinajstić information content (AvgIpc) is 2.64. The Kier molecular flexibility index (Phi) is 7.01. The molecule has 2 amide bonds. The van der Waals surface area contributed by atoms with Crippen molar-refractivity contribution >= 4 is 40.2 Å². The molecule has 2 aromatic rings. The number of nitrogens with one attached hydrogen (secondary N) is 1. The molecule has 0 fully saturated rings. The normalized spacial score (nSPS) is 11.7. The minimum absolute atomic E-state index is 0.0661. The van der Waals surface area contributed by atoms with Crippen molar-refractivity contribution in [3.8, 4) is 5.75 Å². The first-order chi connectivity index (χ1) is 12.8. The van der Waals surface area contributed by atoms with Crippen molar-refractivity contribution in [2.45, 2.75) is 19.9 Å². The molecule has 0 bridgehead atoms. The lowest BCUT2D eigenvalue weighted by atomic mass is 10.1. The van der Waals surface area contributed by atoms with E-state index in [-0.39, 0.29) is 25.6 Å². The van der Waals surface area contributed by atoms with Crippen LogP contribution >= 0.6 is 11.6 Å². The van der Waals surface area contributed by atoms with E-state index in [0.29, 0.717) is 10.8 Å². The van der Waals surface area contributed by atoms with Crippen molar-refractivity contribution in [3.05, 3.63) is 41.4 Å². The number of carboxylic acids is 1. The number of rotatable bonds is 8. The van der Waals surface area contributed by atoms with Crippen LogP contribution < -0.4 is 10.1 Å². The zero-order chi connectivity index (χ0) is 20.0. The largest absolute Gasteiger partial charge is 0.483 e. The Hall–Kier alpha value is -2.80. The molecule has 2 aromatic carbocycles. The Labute approximate surface area is 161 Å². The molecule has 0 aliphatic heterocycles. The van der Waals surface area contributed by atoms with E-state index in [1.807, 2.05) is 24.3 Å². The number of benzene rings is 2. The Morgan fingerprint density at radius 1 is 1.19 bits per heavy atom. The van der Waals surface area contributed by atoms with Gasteiger partial charge < -0.3 is 20.1 Å². The molecular weight excluding hydrogens is 372 g/mol. The van der Waals surface area contributed by atoms with Crippen molar-refractivity contribution in [1.82, 2.24) is 10.2 Å². The van der Waals surface area contributed by atoms with Gasteiger partial charge in [0.2, 0.25) is 5.91 Å². The van der Waals surface area contributed by atoms with Crippen LogP contribution in [0.15, 0.2) is 36.4 Å². The highest BCUT2D eigenvalue weighted by Gasteiger charge is 2.25. The number of carbonyl (C=O) groups is 3. The first-order valence-electron chi connectivity index (χ1n) is 8.38. The van der Waals surface area contributed by atoms with Crippen LogP contribution in [0.25, 0.3) is 10.8 Å². The van der Waals surface area contributed by atoms with Crippen LogP contribution in [-0.2, 0) is 14.4 Å². The molecule has 144 valence electrons. The van der Waals surface area contributed by atoms with Crippen molar-refractivity contribution < 1.29 is 24.2 Å². The minimum Gasteiger partial charge on any atom is -0.483 e.